The van der Waals surface area contributed by atoms with Crippen LogP contribution >= 0.6 is 0 Å². The number of benzene rings is 3. The summed E-state index contributed by atoms with van der Waals surface area (Å²) in [6.45, 7) is 11.8. The number of carbonyl (C=O) groups excluding carboxylic acids is 1. The number of anilines is 2. The number of fused-ring (bicyclic) bond motifs is 1. The summed E-state index contributed by atoms with van der Waals surface area (Å²) in [6, 6.07) is 19.9. The summed E-state index contributed by atoms with van der Waals surface area (Å²) in [4.78, 5) is 14.2. The van der Waals surface area contributed by atoms with Crippen LogP contribution < -0.4 is 25.8 Å². The molecule has 0 saturated heterocycles. The first-order valence-electron chi connectivity index (χ1n) is 17.4. The standard InChI is InChI=1S/C21H27N3O2.C13H17F3O2.C5H12/c1-15(22)12-16-13-18-8-10-24(20(18)19(23)14-16)9-5-11-26-21(25)17-6-3-2-4-7-17;1-3-10(2)8-17-11-6-4-5-7-12(11)18-9-13(14,15)16;1-3-5-4-2/h2-4,6-7,13-15H,5,8-12,22-23H2,1H3;4-7,10H,3,8-9H2,1-2H3;3-5H2,1-2H3. The zero-order chi connectivity index (χ0) is 36.2. The van der Waals surface area contributed by atoms with Crippen molar-refractivity contribution in [2.24, 2.45) is 11.7 Å². The van der Waals surface area contributed by atoms with Crippen molar-refractivity contribution in [3.63, 3.8) is 0 Å². The maximum atomic E-state index is 12.1. The minimum Gasteiger partial charge on any atom is -0.489 e. The Kier molecular flexibility index (Phi) is 18.5. The van der Waals surface area contributed by atoms with Crippen LogP contribution in [0.3, 0.4) is 0 Å². The van der Waals surface area contributed by atoms with Gasteiger partial charge in [0.05, 0.1) is 30.2 Å². The van der Waals surface area contributed by atoms with Crippen molar-refractivity contribution < 1.29 is 32.2 Å². The Labute approximate surface area is 291 Å². The van der Waals surface area contributed by atoms with Gasteiger partial charge >= 0.3 is 12.1 Å². The molecule has 3 aromatic rings. The zero-order valence-electron chi connectivity index (χ0n) is 29.9. The highest BCUT2D eigenvalue weighted by Crippen LogP contribution is 2.35. The van der Waals surface area contributed by atoms with Crippen LogP contribution in [-0.2, 0) is 17.6 Å². The van der Waals surface area contributed by atoms with Gasteiger partial charge in [0.1, 0.15) is 0 Å². The smallest absolute Gasteiger partial charge is 0.422 e. The Morgan fingerprint density at radius 1 is 0.918 bits per heavy atom. The second-order valence-corrected chi connectivity index (χ2v) is 12.5. The van der Waals surface area contributed by atoms with Crippen LogP contribution in [-0.4, -0.2) is 51.1 Å². The van der Waals surface area contributed by atoms with E-state index in [0.717, 1.165) is 50.1 Å². The minimum absolute atomic E-state index is 0.123. The summed E-state index contributed by atoms with van der Waals surface area (Å²) >= 11 is 0. The van der Waals surface area contributed by atoms with Gasteiger partial charge in [-0.15, -0.1) is 0 Å². The van der Waals surface area contributed by atoms with E-state index in [2.05, 4.69) is 24.8 Å². The molecule has 2 atom stereocenters. The minimum atomic E-state index is -4.34. The van der Waals surface area contributed by atoms with Crippen LogP contribution in [0.25, 0.3) is 0 Å². The number of alkyl halides is 3. The number of nitrogens with two attached hydrogens (primary N) is 2. The third-order valence-corrected chi connectivity index (χ3v) is 7.79. The molecule has 4 N–H and O–H groups in total. The molecule has 4 rings (SSSR count). The average molecular weight is 688 g/mol. The molecule has 10 heteroatoms. The third kappa shape index (κ3) is 15.9. The Morgan fingerprint density at radius 3 is 2.12 bits per heavy atom. The molecule has 0 radical (unpaired) electrons. The van der Waals surface area contributed by atoms with Crippen LogP contribution in [0.4, 0.5) is 24.5 Å². The van der Waals surface area contributed by atoms with E-state index in [1.54, 1.807) is 30.3 Å². The summed E-state index contributed by atoms with van der Waals surface area (Å²) in [5, 5.41) is 0. The van der Waals surface area contributed by atoms with Gasteiger partial charge in [-0.25, -0.2) is 4.79 Å². The number of halogens is 3. The average Bonchev–Trinajstić information content (AvgIpc) is 3.48. The summed E-state index contributed by atoms with van der Waals surface area (Å²) in [5.41, 5.74) is 17.2. The van der Waals surface area contributed by atoms with E-state index in [0.29, 0.717) is 30.4 Å². The van der Waals surface area contributed by atoms with E-state index in [1.807, 2.05) is 45.0 Å². The fourth-order valence-electron chi connectivity index (χ4n) is 5.07. The van der Waals surface area contributed by atoms with Gasteiger partial charge in [0.25, 0.3) is 0 Å². The van der Waals surface area contributed by atoms with E-state index in [4.69, 9.17) is 25.7 Å². The first kappa shape index (κ1) is 41.3. The van der Waals surface area contributed by atoms with Crippen molar-refractivity contribution >= 4 is 17.3 Å². The van der Waals surface area contributed by atoms with Gasteiger partial charge in [0, 0.05) is 19.1 Å². The number of esters is 1. The van der Waals surface area contributed by atoms with Crippen molar-refractivity contribution in [3.8, 4) is 11.5 Å². The molecule has 7 nitrogen and oxygen atoms in total. The van der Waals surface area contributed by atoms with Crippen LogP contribution in [0.5, 0.6) is 11.5 Å². The summed E-state index contributed by atoms with van der Waals surface area (Å²) in [5.74, 6) is 0.549. The molecule has 49 heavy (non-hydrogen) atoms. The molecule has 0 bridgehead atoms. The normalized spacial score (nSPS) is 13.2. The SMILES string of the molecule is CC(N)Cc1cc(N)c2c(c1)CCN2CCCOC(=O)c1ccccc1.CCC(C)COc1ccccc1OCC(F)(F)F.CCCCC. The lowest BCUT2D eigenvalue weighted by Crippen LogP contribution is -2.24. The van der Waals surface area contributed by atoms with Gasteiger partial charge in [-0.2, -0.15) is 13.2 Å². The highest BCUT2D eigenvalue weighted by atomic mass is 19.4. The largest absolute Gasteiger partial charge is 0.489 e. The second-order valence-electron chi connectivity index (χ2n) is 12.5. The van der Waals surface area contributed by atoms with Crippen LogP contribution in [0.1, 0.15) is 88.2 Å². The number of unbranched alkanes of at least 4 members (excludes halogenated alkanes) is 2. The number of para-hydroxylation sites is 2. The lowest BCUT2D eigenvalue weighted by molar-refractivity contribution is -0.153. The number of nitrogens with zero attached hydrogens (tertiary/aromatic N) is 1. The van der Waals surface area contributed by atoms with Gasteiger partial charge < -0.3 is 30.6 Å². The number of rotatable bonds is 15. The molecule has 1 heterocycles. The Bertz CT molecular complexity index is 1370. The lowest BCUT2D eigenvalue weighted by Gasteiger charge is -2.21. The fourth-order valence-corrected chi connectivity index (χ4v) is 5.07. The number of hydrogen-bond donors (Lipinski definition) is 2. The second kappa shape index (κ2) is 21.9. The third-order valence-electron chi connectivity index (χ3n) is 7.79. The molecule has 1 aliphatic heterocycles. The molecule has 0 aromatic heterocycles. The van der Waals surface area contributed by atoms with Crippen molar-refractivity contribution in [2.45, 2.75) is 91.8 Å². The number of carbonyl (C=O) groups is 1. The molecule has 1 aliphatic rings. The number of hydrogen-bond acceptors (Lipinski definition) is 7. The van der Waals surface area contributed by atoms with E-state index in [9.17, 15) is 18.0 Å². The molecule has 0 fully saturated rings. The van der Waals surface area contributed by atoms with Crippen LogP contribution in [0, 0.1) is 5.92 Å². The number of nitrogen functional groups attached to an aromatic ring is 1. The van der Waals surface area contributed by atoms with Crippen molar-refractivity contribution in [1.29, 1.82) is 0 Å². The molecular weight excluding hydrogens is 631 g/mol. The van der Waals surface area contributed by atoms with E-state index in [1.165, 1.54) is 36.5 Å². The number of ether oxygens (including phenoxy) is 3. The van der Waals surface area contributed by atoms with Gasteiger partial charge in [-0.3, -0.25) is 0 Å². The first-order chi connectivity index (χ1) is 23.4. The molecule has 0 aliphatic carbocycles. The molecule has 2 unspecified atom stereocenters. The van der Waals surface area contributed by atoms with E-state index in [-0.39, 0.29) is 17.8 Å². The molecule has 0 saturated carbocycles. The molecule has 0 amide bonds. The predicted octanol–water partition coefficient (Wildman–Crippen LogP) is 9.02. The van der Waals surface area contributed by atoms with Crippen molar-refractivity contribution in [3.05, 3.63) is 83.4 Å². The maximum Gasteiger partial charge on any atom is 0.422 e. The van der Waals surface area contributed by atoms with Gasteiger partial charge in [0.15, 0.2) is 18.1 Å². The van der Waals surface area contributed by atoms with Crippen molar-refractivity contribution in [2.75, 3.05) is 43.5 Å². The Balaban J connectivity index is 0.000000315. The van der Waals surface area contributed by atoms with Gasteiger partial charge in [-0.1, -0.05) is 89.8 Å². The van der Waals surface area contributed by atoms with Crippen LogP contribution in [0.15, 0.2) is 66.7 Å². The van der Waals surface area contributed by atoms with E-state index >= 15 is 0 Å². The topological polar surface area (TPSA) is 100 Å². The summed E-state index contributed by atoms with van der Waals surface area (Å²) < 4.78 is 51.8. The fraction of sp³-hybridized carbons (Fsp3) is 0.513. The Hall–Kier alpha value is -3.92. The maximum absolute atomic E-state index is 12.1. The summed E-state index contributed by atoms with van der Waals surface area (Å²) in [6.07, 6.45) is 3.30. The zero-order valence-corrected chi connectivity index (χ0v) is 29.9. The van der Waals surface area contributed by atoms with Crippen LogP contribution in [0.2, 0.25) is 0 Å². The lowest BCUT2D eigenvalue weighted by atomic mass is 10.0. The van der Waals surface area contributed by atoms with Crippen molar-refractivity contribution in [1.82, 2.24) is 0 Å². The molecule has 272 valence electrons. The van der Waals surface area contributed by atoms with E-state index < -0.39 is 12.8 Å². The Morgan fingerprint density at radius 2 is 1.55 bits per heavy atom. The summed E-state index contributed by atoms with van der Waals surface area (Å²) in [7, 11) is 0. The van der Waals surface area contributed by atoms with Gasteiger partial charge in [0.2, 0.25) is 0 Å². The highest BCUT2D eigenvalue weighted by molar-refractivity contribution is 5.89. The quantitative estimate of drug-likeness (QED) is 0.0935. The predicted molar refractivity (Wildman–Crippen MR) is 194 cm³/mol. The molecule has 3 aromatic carbocycles. The first-order valence-corrected chi connectivity index (χ1v) is 17.4. The highest BCUT2D eigenvalue weighted by Gasteiger charge is 2.29. The monoisotopic (exact) mass is 687 g/mol. The van der Waals surface area contributed by atoms with Gasteiger partial charge in [-0.05, 0) is 73.6 Å². The molecular formula is C39H56F3N3O4. The molecule has 0 spiro atoms.